The number of phenols is 1. The maximum Gasteiger partial charge on any atom is 0.309 e. The maximum atomic E-state index is 11.8. The van der Waals surface area contributed by atoms with Crippen molar-refractivity contribution in [2.75, 3.05) is 7.11 Å². The van der Waals surface area contributed by atoms with Crippen LogP contribution in [0.2, 0.25) is 0 Å². The summed E-state index contributed by atoms with van der Waals surface area (Å²) in [5.41, 5.74) is 1.48. The average Bonchev–Trinajstić information content (AvgIpc) is 3.30. The Balaban J connectivity index is 2.20. The molecular formula is C17H22O5. The van der Waals surface area contributed by atoms with Crippen LogP contribution < -0.4 is 0 Å². The van der Waals surface area contributed by atoms with E-state index < -0.39 is 5.97 Å². The second-order valence-corrected chi connectivity index (χ2v) is 5.84. The Bertz CT molecular complexity index is 562. The van der Waals surface area contributed by atoms with E-state index in [9.17, 15) is 14.7 Å². The van der Waals surface area contributed by atoms with Gasteiger partial charge in [0.15, 0.2) is 0 Å². The highest BCUT2D eigenvalue weighted by Crippen LogP contribution is 2.47. The summed E-state index contributed by atoms with van der Waals surface area (Å²) in [4.78, 5) is 22.7. The van der Waals surface area contributed by atoms with E-state index in [1.165, 1.54) is 14.0 Å². The van der Waals surface area contributed by atoms with E-state index in [0.717, 1.165) is 18.4 Å². The lowest BCUT2D eigenvalue weighted by Crippen LogP contribution is -2.22. The van der Waals surface area contributed by atoms with Gasteiger partial charge in [0.05, 0.1) is 13.0 Å². The van der Waals surface area contributed by atoms with Crippen molar-refractivity contribution in [1.29, 1.82) is 0 Å². The maximum absolute atomic E-state index is 11.8. The first-order chi connectivity index (χ1) is 10.4. The Morgan fingerprint density at radius 1 is 1.36 bits per heavy atom. The van der Waals surface area contributed by atoms with Crippen LogP contribution in [0.25, 0.3) is 0 Å². The van der Waals surface area contributed by atoms with Gasteiger partial charge in [-0.1, -0.05) is 19.1 Å². The summed E-state index contributed by atoms with van der Waals surface area (Å²) < 4.78 is 9.75. The number of ether oxygens (including phenoxy) is 2. The van der Waals surface area contributed by atoms with Gasteiger partial charge in [0.2, 0.25) is 0 Å². The van der Waals surface area contributed by atoms with Gasteiger partial charge in [0.1, 0.15) is 12.4 Å². The zero-order valence-electron chi connectivity index (χ0n) is 13.2. The lowest BCUT2D eigenvalue weighted by atomic mass is 9.83. The number of esters is 2. The molecule has 120 valence electrons. The lowest BCUT2D eigenvalue weighted by Gasteiger charge is -2.23. The normalized spacial score (nSPS) is 16.7. The number of rotatable bonds is 6. The summed E-state index contributed by atoms with van der Waals surface area (Å²) in [5, 5.41) is 10.1. The predicted octanol–water partition coefficient (Wildman–Crippen LogP) is 2.76. The Labute approximate surface area is 130 Å². The van der Waals surface area contributed by atoms with Crippen molar-refractivity contribution in [3.63, 3.8) is 0 Å². The molecule has 1 saturated carbocycles. The van der Waals surface area contributed by atoms with E-state index >= 15 is 0 Å². The summed E-state index contributed by atoms with van der Waals surface area (Å²) in [6.07, 6.45) is 2.17. The third kappa shape index (κ3) is 3.78. The average molecular weight is 306 g/mol. The third-order valence-electron chi connectivity index (χ3n) is 4.17. The topological polar surface area (TPSA) is 72.8 Å². The highest BCUT2D eigenvalue weighted by Gasteiger charge is 2.39. The molecule has 1 aromatic rings. The minimum absolute atomic E-state index is 0.0427. The number of aromatic hydroxyl groups is 1. The summed E-state index contributed by atoms with van der Waals surface area (Å²) in [6, 6.07) is 5.30. The Hall–Kier alpha value is -2.04. The molecule has 1 N–H and O–H groups in total. The number of methoxy groups -OCH3 is 1. The van der Waals surface area contributed by atoms with Gasteiger partial charge in [-0.2, -0.15) is 0 Å². The quantitative estimate of drug-likeness (QED) is 0.818. The van der Waals surface area contributed by atoms with Crippen LogP contribution in [0, 0.1) is 11.8 Å². The molecule has 2 atom stereocenters. The number of carbonyl (C=O) groups is 2. The predicted molar refractivity (Wildman–Crippen MR) is 80.2 cm³/mol. The SMILES string of the molecule is COC(=O)C(C)C(c1ccc(COC(C)=O)c(O)c1)C1CC1. The number of hydrogen-bond donors (Lipinski definition) is 1. The highest BCUT2D eigenvalue weighted by molar-refractivity contribution is 5.73. The molecule has 5 heteroatoms. The van der Waals surface area contributed by atoms with Crippen LogP contribution >= 0.6 is 0 Å². The largest absolute Gasteiger partial charge is 0.508 e. The van der Waals surface area contributed by atoms with Crippen LogP contribution in [-0.2, 0) is 25.7 Å². The molecule has 1 fully saturated rings. The van der Waals surface area contributed by atoms with Gasteiger partial charge in [-0.3, -0.25) is 9.59 Å². The summed E-state index contributed by atoms with van der Waals surface area (Å²) in [6.45, 7) is 3.23. The fourth-order valence-electron chi connectivity index (χ4n) is 2.85. The smallest absolute Gasteiger partial charge is 0.309 e. The fourth-order valence-corrected chi connectivity index (χ4v) is 2.85. The monoisotopic (exact) mass is 306 g/mol. The van der Waals surface area contributed by atoms with Gasteiger partial charge < -0.3 is 14.6 Å². The molecule has 1 aliphatic rings. The Kier molecular flexibility index (Phi) is 5.06. The Morgan fingerprint density at radius 2 is 2.05 bits per heavy atom. The molecule has 2 rings (SSSR count). The molecule has 0 aromatic heterocycles. The van der Waals surface area contributed by atoms with Crippen molar-refractivity contribution < 1.29 is 24.2 Å². The number of benzene rings is 1. The van der Waals surface area contributed by atoms with Crippen molar-refractivity contribution in [2.24, 2.45) is 11.8 Å². The minimum Gasteiger partial charge on any atom is -0.508 e. The van der Waals surface area contributed by atoms with Crippen LogP contribution in [0.3, 0.4) is 0 Å². The van der Waals surface area contributed by atoms with E-state index in [1.807, 2.05) is 13.0 Å². The van der Waals surface area contributed by atoms with Gasteiger partial charge in [-0.15, -0.1) is 0 Å². The van der Waals surface area contributed by atoms with Crippen LogP contribution in [0.15, 0.2) is 18.2 Å². The standard InChI is InChI=1S/C17H22O5/c1-10(17(20)21-3)16(12-4-5-12)13-6-7-14(15(19)8-13)9-22-11(2)18/h6-8,10,12,16,19H,4-5,9H2,1-3H3. The summed E-state index contributed by atoms with van der Waals surface area (Å²) >= 11 is 0. The zero-order valence-corrected chi connectivity index (χ0v) is 13.2. The lowest BCUT2D eigenvalue weighted by molar-refractivity contribution is -0.146. The molecule has 5 nitrogen and oxygen atoms in total. The first kappa shape index (κ1) is 16.3. The molecule has 1 aromatic carbocycles. The molecule has 0 bridgehead atoms. The van der Waals surface area contributed by atoms with Crippen molar-refractivity contribution >= 4 is 11.9 Å². The van der Waals surface area contributed by atoms with Gasteiger partial charge in [0, 0.05) is 12.5 Å². The zero-order chi connectivity index (χ0) is 16.3. The Morgan fingerprint density at radius 3 is 2.55 bits per heavy atom. The third-order valence-corrected chi connectivity index (χ3v) is 4.17. The van der Waals surface area contributed by atoms with E-state index in [1.54, 1.807) is 12.1 Å². The van der Waals surface area contributed by atoms with Crippen molar-refractivity contribution in [3.8, 4) is 5.75 Å². The molecule has 1 aliphatic carbocycles. The molecule has 0 radical (unpaired) electrons. The van der Waals surface area contributed by atoms with Crippen molar-refractivity contribution in [1.82, 2.24) is 0 Å². The van der Waals surface area contributed by atoms with E-state index in [2.05, 4.69) is 0 Å². The first-order valence-corrected chi connectivity index (χ1v) is 7.47. The van der Waals surface area contributed by atoms with Crippen LogP contribution in [0.4, 0.5) is 0 Å². The van der Waals surface area contributed by atoms with E-state index in [-0.39, 0.29) is 30.2 Å². The summed E-state index contributed by atoms with van der Waals surface area (Å²) in [5.74, 6) is -0.300. The molecule has 22 heavy (non-hydrogen) atoms. The van der Waals surface area contributed by atoms with Gasteiger partial charge in [-0.05, 0) is 36.3 Å². The molecule has 0 heterocycles. The molecular weight excluding hydrogens is 284 g/mol. The fraction of sp³-hybridized carbons (Fsp3) is 0.529. The first-order valence-electron chi connectivity index (χ1n) is 7.47. The minimum atomic E-state index is -0.390. The number of phenolic OH excluding ortho intramolecular Hbond substituents is 1. The van der Waals surface area contributed by atoms with Gasteiger partial charge in [0.25, 0.3) is 0 Å². The molecule has 2 unspecified atom stereocenters. The second kappa shape index (κ2) is 6.81. The number of hydrogen-bond acceptors (Lipinski definition) is 5. The van der Waals surface area contributed by atoms with Crippen LogP contribution in [-0.4, -0.2) is 24.2 Å². The van der Waals surface area contributed by atoms with Crippen molar-refractivity contribution in [2.45, 2.75) is 39.2 Å². The number of carbonyl (C=O) groups excluding carboxylic acids is 2. The second-order valence-electron chi connectivity index (χ2n) is 5.84. The molecule has 0 saturated heterocycles. The van der Waals surface area contributed by atoms with Gasteiger partial charge in [-0.25, -0.2) is 0 Å². The van der Waals surface area contributed by atoms with E-state index in [0.29, 0.717) is 11.5 Å². The van der Waals surface area contributed by atoms with Crippen LogP contribution in [0.5, 0.6) is 5.75 Å². The molecule has 0 aliphatic heterocycles. The summed E-state index contributed by atoms with van der Waals surface area (Å²) in [7, 11) is 1.39. The van der Waals surface area contributed by atoms with E-state index in [4.69, 9.17) is 9.47 Å². The van der Waals surface area contributed by atoms with Gasteiger partial charge >= 0.3 is 11.9 Å². The van der Waals surface area contributed by atoms with Crippen LogP contribution in [0.1, 0.15) is 43.7 Å². The van der Waals surface area contributed by atoms with Crippen molar-refractivity contribution in [3.05, 3.63) is 29.3 Å². The highest BCUT2D eigenvalue weighted by atomic mass is 16.5. The molecule has 0 amide bonds. The molecule has 0 spiro atoms.